The summed E-state index contributed by atoms with van der Waals surface area (Å²) in [4.78, 5) is 28.0. The minimum Gasteiger partial charge on any atom is -0.497 e. The Hall–Kier alpha value is -2.86. The Labute approximate surface area is 183 Å². The van der Waals surface area contributed by atoms with Crippen molar-refractivity contribution in [1.82, 2.24) is 5.32 Å². The highest BCUT2D eigenvalue weighted by atomic mass is 16.5. The zero-order chi connectivity index (χ0) is 22.0. The Kier molecular flexibility index (Phi) is 6.01. The first-order chi connectivity index (χ1) is 14.9. The second-order valence-corrected chi connectivity index (χ2v) is 8.65. The lowest BCUT2D eigenvalue weighted by Crippen LogP contribution is -2.51. The van der Waals surface area contributed by atoms with E-state index in [9.17, 15) is 9.59 Å². The molecule has 2 aromatic carbocycles. The summed E-state index contributed by atoms with van der Waals surface area (Å²) in [5.41, 5.74) is 3.54. The Morgan fingerprint density at radius 2 is 1.74 bits per heavy atom. The van der Waals surface area contributed by atoms with Crippen LogP contribution >= 0.6 is 0 Å². The van der Waals surface area contributed by atoms with Crippen LogP contribution in [0.15, 0.2) is 42.5 Å². The minimum atomic E-state index is -0.619. The van der Waals surface area contributed by atoms with Crippen LogP contribution in [0.3, 0.4) is 0 Å². The molecule has 6 heteroatoms. The second kappa shape index (κ2) is 8.71. The van der Waals surface area contributed by atoms with Crippen molar-refractivity contribution < 1.29 is 19.1 Å². The standard InChI is InChI=1S/C25H30N2O4/c1-17-12-18(2)14-19(13-17)25(8-10-31-11-9-25)24(29)26-20-15-23(28)27(16-20)21-4-6-22(30-3)7-5-21/h4-7,12-14,20H,8-11,15-16H2,1-3H3,(H,26,29)/t20-/m1/s1. The third-order valence-electron chi connectivity index (χ3n) is 6.40. The van der Waals surface area contributed by atoms with Gasteiger partial charge in [-0.05, 0) is 56.5 Å². The predicted octanol–water partition coefficient (Wildman–Crippen LogP) is 3.28. The molecule has 0 radical (unpaired) electrons. The summed E-state index contributed by atoms with van der Waals surface area (Å²) in [5.74, 6) is 0.758. The second-order valence-electron chi connectivity index (χ2n) is 8.65. The molecule has 0 spiro atoms. The molecule has 2 fully saturated rings. The van der Waals surface area contributed by atoms with Crippen molar-refractivity contribution in [2.75, 3.05) is 31.8 Å². The van der Waals surface area contributed by atoms with Gasteiger partial charge in [0.25, 0.3) is 0 Å². The summed E-state index contributed by atoms with van der Waals surface area (Å²) < 4.78 is 10.8. The molecule has 0 aliphatic carbocycles. The topological polar surface area (TPSA) is 67.9 Å². The number of benzene rings is 2. The SMILES string of the molecule is COc1ccc(N2C[C@H](NC(=O)C3(c4cc(C)cc(C)c4)CCOCC3)CC2=O)cc1. The summed E-state index contributed by atoms with van der Waals surface area (Å²) in [7, 11) is 1.61. The fourth-order valence-corrected chi connectivity index (χ4v) is 4.76. The van der Waals surface area contributed by atoms with Crippen molar-refractivity contribution in [3.8, 4) is 5.75 Å². The van der Waals surface area contributed by atoms with Crippen molar-refractivity contribution in [1.29, 1.82) is 0 Å². The average Bonchev–Trinajstić information content (AvgIpc) is 3.13. The molecule has 2 aromatic rings. The van der Waals surface area contributed by atoms with E-state index in [-0.39, 0.29) is 17.9 Å². The normalized spacial score (nSPS) is 20.5. The van der Waals surface area contributed by atoms with Crippen LogP contribution in [0.1, 0.15) is 36.0 Å². The van der Waals surface area contributed by atoms with Crippen LogP contribution in [0.5, 0.6) is 5.75 Å². The van der Waals surface area contributed by atoms with E-state index in [1.165, 1.54) is 0 Å². The zero-order valence-corrected chi connectivity index (χ0v) is 18.4. The largest absolute Gasteiger partial charge is 0.497 e. The molecule has 1 N–H and O–H groups in total. The predicted molar refractivity (Wildman–Crippen MR) is 120 cm³/mol. The van der Waals surface area contributed by atoms with Crippen molar-refractivity contribution >= 4 is 17.5 Å². The summed E-state index contributed by atoms with van der Waals surface area (Å²) in [6.45, 7) is 5.70. The number of ether oxygens (including phenoxy) is 2. The lowest BCUT2D eigenvalue weighted by Gasteiger charge is -2.37. The van der Waals surface area contributed by atoms with Gasteiger partial charge in [-0.1, -0.05) is 29.3 Å². The minimum absolute atomic E-state index is 0.00446. The van der Waals surface area contributed by atoms with Crippen LogP contribution < -0.4 is 15.0 Å². The fraction of sp³-hybridized carbons (Fsp3) is 0.440. The van der Waals surface area contributed by atoms with Crippen molar-refractivity contribution in [2.24, 2.45) is 0 Å². The van der Waals surface area contributed by atoms with Gasteiger partial charge in [-0.3, -0.25) is 9.59 Å². The van der Waals surface area contributed by atoms with E-state index in [2.05, 4.69) is 37.4 Å². The Morgan fingerprint density at radius 3 is 2.35 bits per heavy atom. The molecule has 1 atom stereocenters. The molecular weight excluding hydrogens is 392 g/mol. The average molecular weight is 423 g/mol. The Bertz CT molecular complexity index is 944. The van der Waals surface area contributed by atoms with E-state index >= 15 is 0 Å². The van der Waals surface area contributed by atoms with E-state index in [1.54, 1.807) is 12.0 Å². The first kappa shape index (κ1) is 21.4. The molecule has 164 valence electrons. The van der Waals surface area contributed by atoms with E-state index in [0.29, 0.717) is 39.0 Å². The number of carbonyl (C=O) groups is 2. The molecule has 2 saturated heterocycles. The lowest BCUT2D eigenvalue weighted by molar-refractivity contribution is -0.131. The number of amides is 2. The van der Waals surface area contributed by atoms with Crippen molar-refractivity contribution in [3.63, 3.8) is 0 Å². The number of rotatable bonds is 5. The van der Waals surface area contributed by atoms with Crippen LogP contribution in [0.25, 0.3) is 0 Å². The number of carbonyl (C=O) groups excluding carboxylic acids is 2. The molecule has 0 saturated carbocycles. The van der Waals surface area contributed by atoms with Gasteiger partial charge in [-0.2, -0.15) is 0 Å². The molecule has 4 rings (SSSR count). The quantitative estimate of drug-likeness (QED) is 0.803. The van der Waals surface area contributed by atoms with Crippen LogP contribution in [0.4, 0.5) is 5.69 Å². The molecule has 2 aliphatic rings. The molecule has 2 aliphatic heterocycles. The summed E-state index contributed by atoms with van der Waals surface area (Å²) in [6, 6.07) is 13.6. The van der Waals surface area contributed by atoms with Crippen LogP contribution in [-0.2, 0) is 19.7 Å². The summed E-state index contributed by atoms with van der Waals surface area (Å²) in [6.07, 6.45) is 1.59. The van der Waals surface area contributed by atoms with E-state index in [1.807, 2.05) is 24.3 Å². The van der Waals surface area contributed by atoms with Crippen LogP contribution in [-0.4, -0.2) is 44.7 Å². The highest BCUT2D eigenvalue weighted by Gasteiger charge is 2.44. The maximum atomic E-state index is 13.6. The van der Waals surface area contributed by atoms with Crippen LogP contribution in [0.2, 0.25) is 0 Å². The molecule has 2 heterocycles. The lowest BCUT2D eigenvalue weighted by atomic mass is 9.72. The highest BCUT2D eigenvalue weighted by molar-refractivity contribution is 5.97. The smallest absolute Gasteiger partial charge is 0.231 e. The van der Waals surface area contributed by atoms with E-state index in [4.69, 9.17) is 9.47 Å². The number of anilines is 1. The van der Waals surface area contributed by atoms with Gasteiger partial charge in [0.2, 0.25) is 11.8 Å². The van der Waals surface area contributed by atoms with Gasteiger partial charge in [0.15, 0.2) is 0 Å². The van der Waals surface area contributed by atoms with Gasteiger partial charge in [0.1, 0.15) is 5.75 Å². The highest BCUT2D eigenvalue weighted by Crippen LogP contribution is 2.37. The monoisotopic (exact) mass is 422 g/mol. The van der Waals surface area contributed by atoms with Crippen LogP contribution in [0, 0.1) is 13.8 Å². The fourth-order valence-electron chi connectivity index (χ4n) is 4.76. The van der Waals surface area contributed by atoms with Gasteiger partial charge in [0, 0.05) is 31.9 Å². The Balaban J connectivity index is 1.53. The first-order valence-corrected chi connectivity index (χ1v) is 10.8. The maximum Gasteiger partial charge on any atom is 0.231 e. The molecule has 0 bridgehead atoms. The third kappa shape index (κ3) is 4.30. The third-order valence-corrected chi connectivity index (χ3v) is 6.40. The summed E-state index contributed by atoms with van der Waals surface area (Å²) >= 11 is 0. The van der Waals surface area contributed by atoms with Gasteiger partial charge in [0.05, 0.1) is 18.6 Å². The number of nitrogens with one attached hydrogen (secondary N) is 1. The van der Waals surface area contributed by atoms with Gasteiger partial charge in [-0.15, -0.1) is 0 Å². The molecule has 6 nitrogen and oxygen atoms in total. The van der Waals surface area contributed by atoms with Gasteiger partial charge >= 0.3 is 0 Å². The summed E-state index contributed by atoms with van der Waals surface area (Å²) in [5, 5.41) is 3.20. The van der Waals surface area contributed by atoms with E-state index in [0.717, 1.165) is 28.1 Å². The van der Waals surface area contributed by atoms with E-state index < -0.39 is 5.41 Å². The molecule has 0 unspecified atom stereocenters. The maximum absolute atomic E-state index is 13.6. The van der Waals surface area contributed by atoms with Crippen molar-refractivity contribution in [2.45, 2.75) is 44.6 Å². The first-order valence-electron chi connectivity index (χ1n) is 10.8. The van der Waals surface area contributed by atoms with Gasteiger partial charge < -0.3 is 19.7 Å². The number of hydrogen-bond acceptors (Lipinski definition) is 4. The van der Waals surface area contributed by atoms with Crippen molar-refractivity contribution in [3.05, 3.63) is 59.2 Å². The number of nitrogens with zero attached hydrogens (tertiary/aromatic N) is 1. The number of hydrogen-bond donors (Lipinski definition) is 1. The van der Waals surface area contributed by atoms with Gasteiger partial charge in [-0.25, -0.2) is 0 Å². The molecule has 31 heavy (non-hydrogen) atoms. The molecule has 2 amide bonds. The number of aryl methyl sites for hydroxylation is 2. The molecule has 0 aromatic heterocycles. The number of methoxy groups -OCH3 is 1. The molecular formula is C25H30N2O4. The Morgan fingerprint density at radius 1 is 1.10 bits per heavy atom. The zero-order valence-electron chi connectivity index (χ0n) is 18.4.